The molecule has 0 saturated carbocycles. The van der Waals surface area contributed by atoms with E-state index < -0.39 is 0 Å². The van der Waals surface area contributed by atoms with Crippen molar-refractivity contribution >= 4 is 22.9 Å². The highest BCUT2D eigenvalue weighted by atomic mass is 32.1. The van der Waals surface area contributed by atoms with E-state index in [0.717, 1.165) is 17.1 Å². The summed E-state index contributed by atoms with van der Waals surface area (Å²) in [5.74, 6) is 1.24. The first-order valence-electron chi connectivity index (χ1n) is 8.87. The summed E-state index contributed by atoms with van der Waals surface area (Å²) in [6.07, 6.45) is 0.939. The number of carbonyl (C=O) groups is 1. The molecule has 6 nitrogen and oxygen atoms in total. The largest absolute Gasteiger partial charge is 0.490 e. The van der Waals surface area contributed by atoms with Crippen LogP contribution < -0.4 is 14.8 Å². The number of ether oxygens (including phenoxy) is 2. The molecule has 142 valence electrons. The lowest BCUT2D eigenvalue weighted by molar-refractivity contribution is -0.117. The summed E-state index contributed by atoms with van der Waals surface area (Å²) in [5, 5.41) is 6.08. The van der Waals surface area contributed by atoms with E-state index in [2.05, 4.69) is 17.2 Å². The Bertz CT molecular complexity index is 718. The Balaban J connectivity index is 1.92. The second-order valence-electron chi connectivity index (χ2n) is 5.83. The smallest absolute Gasteiger partial charge is 0.238 e. The minimum Gasteiger partial charge on any atom is -0.490 e. The van der Waals surface area contributed by atoms with E-state index in [0.29, 0.717) is 36.9 Å². The number of hydrogen-bond donors (Lipinski definition) is 1. The predicted octanol–water partition coefficient (Wildman–Crippen LogP) is 3.57. The lowest BCUT2D eigenvalue weighted by Gasteiger charge is -2.16. The van der Waals surface area contributed by atoms with E-state index in [1.54, 1.807) is 17.4 Å². The minimum atomic E-state index is -0.0787. The van der Waals surface area contributed by atoms with Crippen molar-refractivity contribution in [2.45, 2.75) is 33.7 Å². The van der Waals surface area contributed by atoms with Crippen LogP contribution in [0.5, 0.6) is 11.5 Å². The fourth-order valence-corrected chi connectivity index (χ4v) is 3.23. The number of likely N-dealkylation sites (N-methyl/N-ethyl adjacent to an activating group) is 1. The average molecular weight is 378 g/mol. The van der Waals surface area contributed by atoms with Crippen LogP contribution in [0.3, 0.4) is 0 Å². The van der Waals surface area contributed by atoms with Gasteiger partial charge in [-0.15, -0.1) is 11.3 Å². The highest BCUT2D eigenvalue weighted by Gasteiger charge is 2.12. The molecular formula is C19H27N3O3S. The van der Waals surface area contributed by atoms with E-state index in [1.165, 1.54) is 0 Å². The van der Waals surface area contributed by atoms with Crippen molar-refractivity contribution in [1.82, 2.24) is 9.88 Å². The minimum absolute atomic E-state index is 0.0787. The van der Waals surface area contributed by atoms with Crippen LogP contribution in [0, 0.1) is 0 Å². The standard InChI is InChI=1S/C19H27N3O3S/c1-5-19-21-15(13-26-19)11-22(4)12-18(23)20-14-8-9-16(24-6-2)17(10-14)25-7-3/h8-10,13H,5-7,11-12H2,1-4H3,(H,20,23). The van der Waals surface area contributed by atoms with Crippen LogP contribution in [-0.2, 0) is 17.8 Å². The number of thiazole rings is 1. The van der Waals surface area contributed by atoms with Crippen LogP contribution in [-0.4, -0.2) is 42.6 Å². The SMILES string of the molecule is CCOc1ccc(NC(=O)CN(C)Cc2csc(CC)n2)cc1OCC. The van der Waals surface area contributed by atoms with Gasteiger partial charge in [0.1, 0.15) is 0 Å². The van der Waals surface area contributed by atoms with Gasteiger partial charge in [0.05, 0.1) is 30.5 Å². The van der Waals surface area contributed by atoms with Crippen molar-refractivity contribution in [2.24, 2.45) is 0 Å². The molecule has 0 fully saturated rings. The van der Waals surface area contributed by atoms with Crippen LogP contribution in [0.4, 0.5) is 5.69 Å². The van der Waals surface area contributed by atoms with E-state index >= 15 is 0 Å². The summed E-state index contributed by atoms with van der Waals surface area (Å²) in [6, 6.07) is 5.43. The Morgan fingerprint density at radius 2 is 1.92 bits per heavy atom. The lowest BCUT2D eigenvalue weighted by atomic mass is 10.2. The summed E-state index contributed by atoms with van der Waals surface area (Å²) < 4.78 is 11.1. The van der Waals surface area contributed by atoms with Gasteiger partial charge in [-0.2, -0.15) is 0 Å². The third-order valence-electron chi connectivity index (χ3n) is 3.57. The molecule has 2 rings (SSSR count). The number of anilines is 1. The van der Waals surface area contributed by atoms with Crippen molar-refractivity contribution in [3.63, 3.8) is 0 Å². The number of benzene rings is 1. The molecule has 0 spiro atoms. The maximum absolute atomic E-state index is 12.3. The molecule has 26 heavy (non-hydrogen) atoms. The highest BCUT2D eigenvalue weighted by molar-refractivity contribution is 7.09. The van der Waals surface area contributed by atoms with Crippen LogP contribution in [0.15, 0.2) is 23.6 Å². The number of nitrogens with one attached hydrogen (secondary N) is 1. The Kier molecular flexibility index (Phi) is 7.87. The zero-order chi connectivity index (χ0) is 18.9. The predicted molar refractivity (Wildman–Crippen MR) is 105 cm³/mol. The monoisotopic (exact) mass is 377 g/mol. The topological polar surface area (TPSA) is 63.7 Å². The lowest BCUT2D eigenvalue weighted by Crippen LogP contribution is -2.30. The maximum Gasteiger partial charge on any atom is 0.238 e. The number of nitrogens with zero attached hydrogens (tertiary/aromatic N) is 2. The number of rotatable bonds is 10. The zero-order valence-corrected chi connectivity index (χ0v) is 16.7. The molecule has 0 unspecified atom stereocenters. The van der Waals surface area contributed by atoms with Crippen molar-refractivity contribution in [1.29, 1.82) is 0 Å². The fraction of sp³-hybridized carbons (Fsp3) is 0.474. The van der Waals surface area contributed by atoms with Gasteiger partial charge in [-0.05, 0) is 39.4 Å². The summed E-state index contributed by atoms with van der Waals surface area (Å²) in [5.41, 5.74) is 1.69. The molecule has 0 aliphatic carbocycles. The molecule has 1 amide bonds. The second kappa shape index (κ2) is 10.1. The first-order valence-corrected chi connectivity index (χ1v) is 9.74. The van der Waals surface area contributed by atoms with Gasteiger partial charge in [0.15, 0.2) is 11.5 Å². The normalized spacial score (nSPS) is 10.8. The molecule has 1 aromatic heterocycles. The number of amides is 1. The van der Waals surface area contributed by atoms with E-state index in [1.807, 2.05) is 43.3 Å². The summed E-state index contributed by atoms with van der Waals surface area (Å²) >= 11 is 1.66. The Hall–Kier alpha value is -2.12. The third-order valence-corrected chi connectivity index (χ3v) is 4.62. The first-order chi connectivity index (χ1) is 12.5. The van der Waals surface area contributed by atoms with E-state index in [-0.39, 0.29) is 12.5 Å². The molecule has 0 saturated heterocycles. The molecule has 0 bridgehead atoms. The van der Waals surface area contributed by atoms with E-state index in [4.69, 9.17) is 9.47 Å². The Morgan fingerprint density at radius 1 is 1.19 bits per heavy atom. The van der Waals surface area contributed by atoms with Crippen LogP contribution >= 0.6 is 11.3 Å². The summed E-state index contributed by atoms with van der Waals surface area (Å²) in [7, 11) is 1.91. The second-order valence-corrected chi connectivity index (χ2v) is 6.78. The molecule has 0 atom stereocenters. The van der Waals surface area contributed by atoms with Gasteiger partial charge in [-0.1, -0.05) is 6.92 Å². The van der Waals surface area contributed by atoms with Gasteiger partial charge < -0.3 is 14.8 Å². The van der Waals surface area contributed by atoms with Crippen molar-refractivity contribution in [2.75, 3.05) is 32.1 Å². The quantitative estimate of drug-likeness (QED) is 0.686. The van der Waals surface area contributed by atoms with Gasteiger partial charge >= 0.3 is 0 Å². The first kappa shape index (κ1) is 20.2. The van der Waals surface area contributed by atoms with Gasteiger partial charge in [0.25, 0.3) is 0 Å². The fourth-order valence-electron chi connectivity index (χ4n) is 2.49. The summed E-state index contributed by atoms with van der Waals surface area (Å²) in [4.78, 5) is 18.8. The molecule has 1 heterocycles. The van der Waals surface area contributed by atoms with Gasteiger partial charge in [0.2, 0.25) is 5.91 Å². The molecule has 1 N–H and O–H groups in total. The Morgan fingerprint density at radius 3 is 2.58 bits per heavy atom. The molecule has 1 aromatic carbocycles. The zero-order valence-electron chi connectivity index (χ0n) is 15.9. The van der Waals surface area contributed by atoms with Crippen molar-refractivity contribution in [3.8, 4) is 11.5 Å². The molecule has 2 aromatic rings. The number of hydrogen-bond acceptors (Lipinski definition) is 6. The summed E-state index contributed by atoms with van der Waals surface area (Å²) in [6.45, 7) is 7.96. The highest BCUT2D eigenvalue weighted by Crippen LogP contribution is 2.30. The third kappa shape index (κ3) is 6.00. The average Bonchev–Trinajstić information content (AvgIpc) is 3.04. The van der Waals surface area contributed by atoms with Crippen molar-refractivity contribution in [3.05, 3.63) is 34.3 Å². The van der Waals surface area contributed by atoms with Gasteiger partial charge in [-0.25, -0.2) is 4.98 Å². The van der Waals surface area contributed by atoms with Crippen molar-refractivity contribution < 1.29 is 14.3 Å². The van der Waals surface area contributed by atoms with Gasteiger partial charge in [-0.3, -0.25) is 9.69 Å². The number of aryl methyl sites for hydroxylation is 1. The van der Waals surface area contributed by atoms with Crippen LogP contribution in [0.1, 0.15) is 31.5 Å². The maximum atomic E-state index is 12.3. The molecule has 0 aliphatic rings. The number of aromatic nitrogens is 1. The Labute approximate surface area is 159 Å². The molecular weight excluding hydrogens is 350 g/mol. The van der Waals surface area contributed by atoms with Crippen LogP contribution in [0.2, 0.25) is 0 Å². The van der Waals surface area contributed by atoms with Crippen LogP contribution in [0.25, 0.3) is 0 Å². The molecule has 7 heteroatoms. The number of carbonyl (C=O) groups excluding carboxylic acids is 1. The van der Waals surface area contributed by atoms with Gasteiger partial charge in [0, 0.05) is 23.7 Å². The van der Waals surface area contributed by atoms with E-state index in [9.17, 15) is 4.79 Å². The molecule has 0 aliphatic heterocycles. The molecule has 0 radical (unpaired) electrons.